The average Bonchev–Trinajstić information content (AvgIpc) is 2.73. The second-order valence-electron chi connectivity index (χ2n) is 6.85. The van der Waals surface area contributed by atoms with E-state index in [1.807, 2.05) is 12.1 Å². The Hall–Kier alpha value is -2.84. The van der Waals surface area contributed by atoms with Crippen molar-refractivity contribution in [2.45, 2.75) is 11.9 Å². The molecule has 0 radical (unpaired) electrons. The van der Waals surface area contributed by atoms with E-state index in [-0.39, 0.29) is 12.3 Å². The molecule has 1 unspecified atom stereocenters. The molecule has 1 heterocycles. The van der Waals surface area contributed by atoms with Gasteiger partial charge in [0.1, 0.15) is 5.75 Å². The van der Waals surface area contributed by atoms with Crippen LogP contribution in [0, 0.1) is 0 Å². The molecule has 6 nitrogen and oxygen atoms in total. The molecular weight excluding hydrogens is 468 g/mol. The van der Waals surface area contributed by atoms with Crippen LogP contribution in [0.2, 0.25) is 0 Å². The van der Waals surface area contributed by atoms with Crippen molar-refractivity contribution in [1.29, 1.82) is 0 Å². The topological polar surface area (TPSA) is 75.7 Å². The van der Waals surface area contributed by atoms with Crippen LogP contribution in [0.3, 0.4) is 0 Å². The summed E-state index contributed by atoms with van der Waals surface area (Å²) in [6, 6.07) is 23.0. The summed E-state index contributed by atoms with van der Waals surface area (Å²) >= 11 is 3.37. The molecular formula is C22H19BrN2O4S. The quantitative estimate of drug-likeness (QED) is 0.586. The SMILES string of the molecule is O=C(Nc1cccc(Br)c1)C1CN(S(=O)(=O)Cc2ccccc2)c2ccccc2O1. The molecule has 0 aliphatic carbocycles. The van der Waals surface area contributed by atoms with E-state index in [2.05, 4.69) is 21.2 Å². The van der Waals surface area contributed by atoms with Crippen LogP contribution < -0.4 is 14.4 Å². The smallest absolute Gasteiger partial charge is 0.267 e. The van der Waals surface area contributed by atoms with Crippen molar-refractivity contribution in [3.8, 4) is 5.75 Å². The predicted octanol–water partition coefficient (Wildman–Crippen LogP) is 4.19. The molecule has 0 spiro atoms. The van der Waals surface area contributed by atoms with Gasteiger partial charge in [-0.05, 0) is 35.9 Å². The highest BCUT2D eigenvalue weighted by Crippen LogP contribution is 2.36. The van der Waals surface area contributed by atoms with Crippen molar-refractivity contribution in [1.82, 2.24) is 0 Å². The zero-order chi connectivity index (χ0) is 21.1. The second kappa shape index (κ2) is 8.49. The summed E-state index contributed by atoms with van der Waals surface area (Å²) in [5, 5.41) is 2.79. The van der Waals surface area contributed by atoms with E-state index in [9.17, 15) is 13.2 Å². The van der Waals surface area contributed by atoms with Crippen LogP contribution in [-0.2, 0) is 20.6 Å². The number of para-hydroxylation sites is 2. The van der Waals surface area contributed by atoms with Gasteiger partial charge in [-0.1, -0.05) is 64.5 Å². The van der Waals surface area contributed by atoms with Crippen LogP contribution in [0.4, 0.5) is 11.4 Å². The molecule has 0 saturated carbocycles. The van der Waals surface area contributed by atoms with Gasteiger partial charge < -0.3 is 10.1 Å². The zero-order valence-corrected chi connectivity index (χ0v) is 18.3. The minimum Gasteiger partial charge on any atom is -0.476 e. The summed E-state index contributed by atoms with van der Waals surface area (Å²) in [6.45, 7) is -0.105. The van der Waals surface area contributed by atoms with Gasteiger partial charge >= 0.3 is 0 Å². The van der Waals surface area contributed by atoms with Crippen molar-refractivity contribution in [2.75, 3.05) is 16.2 Å². The van der Waals surface area contributed by atoms with Crippen LogP contribution in [0.15, 0.2) is 83.3 Å². The summed E-state index contributed by atoms with van der Waals surface area (Å²) in [7, 11) is -3.73. The van der Waals surface area contributed by atoms with E-state index >= 15 is 0 Å². The summed E-state index contributed by atoms with van der Waals surface area (Å²) in [5.41, 5.74) is 1.70. The minimum atomic E-state index is -3.73. The molecule has 3 aromatic carbocycles. The second-order valence-corrected chi connectivity index (χ2v) is 9.66. The number of benzene rings is 3. The van der Waals surface area contributed by atoms with Crippen molar-refractivity contribution >= 4 is 43.2 Å². The van der Waals surface area contributed by atoms with Gasteiger partial charge in [0, 0.05) is 10.2 Å². The summed E-state index contributed by atoms with van der Waals surface area (Å²) < 4.78 is 34.4. The Kier molecular flexibility index (Phi) is 5.78. The molecule has 1 aliphatic heterocycles. The van der Waals surface area contributed by atoms with E-state index in [1.165, 1.54) is 4.31 Å². The largest absolute Gasteiger partial charge is 0.476 e. The lowest BCUT2D eigenvalue weighted by Crippen LogP contribution is -2.49. The minimum absolute atomic E-state index is 0.105. The van der Waals surface area contributed by atoms with E-state index in [0.29, 0.717) is 22.7 Å². The number of sulfonamides is 1. The van der Waals surface area contributed by atoms with Crippen molar-refractivity contribution in [2.24, 2.45) is 0 Å². The third kappa shape index (κ3) is 4.49. The number of fused-ring (bicyclic) bond motifs is 1. The van der Waals surface area contributed by atoms with Crippen molar-refractivity contribution in [3.05, 3.63) is 88.9 Å². The monoisotopic (exact) mass is 486 g/mol. The average molecular weight is 487 g/mol. The molecule has 0 aromatic heterocycles. The fraction of sp³-hybridized carbons (Fsp3) is 0.136. The van der Waals surface area contributed by atoms with Crippen LogP contribution in [0.25, 0.3) is 0 Å². The maximum atomic E-state index is 13.2. The van der Waals surface area contributed by atoms with Crippen molar-refractivity contribution < 1.29 is 17.9 Å². The number of hydrogen-bond donors (Lipinski definition) is 1. The molecule has 8 heteroatoms. The lowest BCUT2D eigenvalue weighted by Gasteiger charge is -2.34. The molecule has 3 aromatic rings. The Labute approximate surface area is 183 Å². The predicted molar refractivity (Wildman–Crippen MR) is 120 cm³/mol. The first-order valence-corrected chi connectivity index (χ1v) is 11.7. The number of nitrogens with one attached hydrogen (secondary N) is 1. The fourth-order valence-corrected chi connectivity index (χ4v) is 5.24. The molecule has 154 valence electrons. The van der Waals surface area contributed by atoms with Crippen LogP contribution in [-0.4, -0.2) is 27.0 Å². The third-order valence-electron chi connectivity index (χ3n) is 4.65. The van der Waals surface area contributed by atoms with Gasteiger partial charge in [-0.3, -0.25) is 9.10 Å². The van der Waals surface area contributed by atoms with Gasteiger partial charge in [-0.2, -0.15) is 0 Å². The van der Waals surface area contributed by atoms with E-state index < -0.39 is 22.0 Å². The van der Waals surface area contributed by atoms with Crippen LogP contribution in [0.1, 0.15) is 5.56 Å². The molecule has 4 rings (SSSR count). The van der Waals surface area contributed by atoms with E-state index in [0.717, 1.165) is 4.47 Å². The first-order valence-electron chi connectivity index (χ1n) is 9.29. The maximum absolute atomic E-state index is 13.2. The van der Waals surface area contributed by atoms with E-state index in [1.54, 1.807) is 66.7 Å². The number of nitrogens with zero attached hydrogens (tertiary/aromatic N) is 1. The summed E-state index contributed by atoms with van der Waals surface area (Å²) in [5.74, 6) is -0.223. The Morgan fingerprint density at radius 3 is 2.53 bits per heavy atom. The van der Waals surface area contributed by atoms with Gasteiger partial charge in [-0.25, -0.2) is 8.42 Å². The number of carbonyl (C=O) groups excluding carboxylic acids is 1. The van der Waals surface area contributed by atoms with E-state index in [4.69, 9.17) is 4.74 Å². The normalized spacial score (nSPS) is 15.8. The highest BCUT2D eigenvalue weighted by Gasteiger charge is 2.36. The number of hydrogen-bond acceptors (Lipinski definition) is 4. The highest BCUT2D eigenvalue weighted by atomic mass is 79.9. The number of anilines is 2. The molecule has 1 N–H and O–H groups in total. The van der Waals surface area contributed by atoms with Crippen LogP contribution >= 0.6 is 15.9 Å². The zero-order valence-electron chi connectivity index (χ0n) is 15.9. The number of carbonyl (C=O) groups is 1. The molecule has 30 heavy (non-hydrogen) atoms. The van der Waals surface area contributed by atoms with Gasteiger partial charge in [0.2, 0.25) is 10.0 Å². The molecule has 0 saturated heterocycles. The molecule has 1 aliphatic rings. The molecule has 0 bridgehead atoms. The molecule has 0 fully saturated rings. The molecule has 1 amide bonds. The standard InChI is InChI=1S/C22H19BrN2O4S/c23-17-9-6-10-18(13-17)24-22(26)21-14-25(19-11-4-5-12-20(19)29-21)30(27,28)15-16-7-2-1-3-8-16/h1-13,21H,14-15H2,(H,24,26). The summed E-state index contributed by atoms with van der Waals surface area (Å²) in [6.07, 6.45) is -0.982. The van der Waals surface area contributed by atoms with Gasteiger partial charge in [0.25, 0.3) is 5.91 Å². The van der Waals surface area contributed by atoms with Gasteiger partial charge in [0.05, 0.1) is 18.0 Å². The fourth-order valence-electron chi connectivity index (χ4n) is 3.25. The molecule has 1 atom stereocenters. The number of ether oxygens (including phenoxy) is 1. The summed E-state index contributed by atoms with van der Waals surface area (Å²) in [4.78, 5) is 12.8. The Morgan fingerprint density at radius 2 is 1.77 bits per heavy atom. The number of amides is 1. The maximum Gasteiger partial charge on any atom is 0.267 e. The third-order valence-corrected chi connectivity index (χ3v) is 6.86. The first kappa shape index (κ1) is 20.4. The van der Waals surface area contributed by atoms with Gasteiger partial charge in [0.15, 0.2) is 6.10 Å². The number of halogens is 1. The number of rotatable bonds is 5. The Morgan fingerprint density at radius 1 is 1.03 bits per heavy atom. The van der Waals surface area contributed by atoms with Gasteiger partial charge in [-0.15, -0.1) is 0 Å². The Balaban J connectivity index is 1.61. The lowest BCUT2D eigenvalue weighted by atomic mass is 10.2. The van der Waals surface area contributed by atoms with Crippen molar-refractivity contribution in [3.63, 3.8) is 0 Å². The lowest BCUT2D eigenvalue weighted by molar-refractivity contribution is -0.122. The first-order chi connectivity index (χ1) is 14.4. The highest BCUT2D eigenvalue weighted by molar-refractivity contribution is 9.10. The Bertz CT molecular complexity index is 1170. The van der Waals surface area contributed by atoms with Crippen LogP contribution in [0.5, 0.6) is 5.75 Å².